The molecular weight excluding hydrogens is 402 g/mol. The predicted octanol–water partition coefficient (Wildman–Crippen LogP) is 8.00. The van der Waals surface area contributed by atoms with Crippen LogP contribution < -0.4 is 4.72 Å². The fraction of sp³-hybridized carbons (Fsp3) is 0.630. The van der Waals surface area contributed by atoms with E-state index in [1.807, 2.05) is 6.07 Å². The zero-order valence-electron chi connectivity index (χ0n) is 20.1. The second-order valence-corrected chi connectivity index (χ2v) is 10.1. The van der Waals surface area contributed by atoms with E-state index in [-0.39, 0.29) is 11.5 Å². The Morgan fingerprint density at radius 3 is 2.52 bits per heavy atom. The normalized spacial score (nSPS) is 15.3. The summed E-state index contributed by atoms with van der Waals surface area (Å²) < 4.78 is 3.61. The summed E-state index contributed by atoms with van der Waals surface area (Å²) in [6, 6.07) is 2.40. The maximum absolute atomic E-state index is 11.1. The van der Waals surface area contributed by atoms with E-state index < -0.39 is 0 Å². The van der Waals surface area contributed by atoms with Crippen molar-refractivity contribution in [3.05, 3.63) is 40.5 Å². The summed E-state index contributed by atoms with van der Waals surface area (Å²) in [4.78, 5) is 0.907. The summed E-state index contributed by atoms with van der Waals surface area (Å²) in [6.45, 7) is 8.58. The van der Waals surface area contributed by atoms with Crippen LogP contribution in [0.15, 0.2) is 34.3 Å². The molecule has 0 atom stereocenters. The third kappa shape index (κ3) is 8.94. The molecule has 2 rings (SSSR count). The van der Waals surface area contributed by atoms with E-state index in [0.717, 1.165) is 49.0 Å². The number of hydrogen-bond acceptors (Lipinski definition) is 4. The van der Waals surface area contributed by atoms with E-state index in [2.05, 4.69) is 44.6 Å². The van der Waals surface area contributed by atoms with Gasteiger partial charge >= 0.3 is 0 Å². The van der Waals surface area contributed by atoms with Crippen molar-refractivity contribution in [3.8, 4) is 11.5 Å². The Kier molecular flexibility index (Phi) is 11.6. The summed E-state index contributed by atoms with van der Waals surface area (Å²) >= 11 is 1.57. The number of nitrogens with one attached hydrogen (secondary N) is 1. The number of hydrogen-bond donors (Lipinski definition) is 3. The number of phenols is 2. The van der Waals surface area contributed by atoms with Gasteiger partial charge in [0.15, 0.2) is 0 Å². The number of phenolic OH excluding ortho intramolecular Hbond substituents is 2. The maximum atomic E-state index is 11.1. The average Bonchev–Trinajstić information content (AvgIpc) is 2.73. The average molecular weight is 446 g/mol. The molecule has 0 saturated heterocycles. The molecule has 1 aromatic rings. The van der Waals surface area contributed by atoms with Gasteiger partial charge in [0.2, 0.25) is 0 Å². The van der Waals surface area contributed by atoms with Crippen LogP contribution in [0.25, 0.3) is 0 Å². The Balaban J connectivity index is 2.17. The molecule has 31 heavy (non-hydrogen) atoms. The molecule has 0 radical (unpaired) electrons. The minimum absolute atomic E-state index is 0.222. The first-order valence-electron chi connectivity index (χ1n) is 12.2. The van der Waals surface area contributed by atoms with Gasteiger partial charge in [-0.3, -0.25) is 4.72 Å². The minimum atomic E-state index is 0.222. The van der Waals surface area contributed by atoms with Crippen LogP contribution >= 0.6 is 11.9 Å². The van der Waals surface area contributed by atoms with Gasteiger partial charge in [0.25, 0.3) is 0 Å². The molecule has 1 saturated carbocycles. The first-order valence-corrected chi connectivity index (χ1v) is 13.0. The Hall–Kier alpha value is -1.39. The topological polar surface area (TPSA) is 52.5 Å². The summed E-state index contributed by atoms with van der Waals surface area (Å²) in [7, 11) is 0. The van der Waals surface area contributed by atoms with Crippen LogP contribution in [0.4, 0.5) is 0 Å². The van der Waals surface area contributed by atoms with Crippen molar-refractivity contribution < 1.29 is 10.2 Å². The number of allylic oxidation sites excluding steroid dienone is 4. The van der Waals surface area contributed by atoms with Crippen molar-refractivity contribution in [2.24, 2.45) is 0 Å². The fourth-order valence-electron chi connectivity index (χ4n) is 4.12. The van der Waals surface area contributed by atoms with Crippen molar-refractivity contribution in [2.75, 3.05) is 0 Å². The van der Waals surface area contributed by atoms with Crippen LogP contribution in [-0.4, -0.2) is 16.3 Å². The first-order chi connectivity index (χ1) is 14.9. The summed E-state index contributed by atoms with van der Waals surface area (Å²) in [6.07, 6.45) is 17.6. The lowest BCUT2D eigenvalue weighted by Gasteiger charge is -2.23. The maximum Gasteiger partial charge on any atom is 0.137 e. The van der Waals surface area contributed by atoms with E-state index in [0.29, 0.717) is 18.0 Å². The van der Waals surface area contributed by atoms with Crippen LogP contribution in [0, 0.1) is 0 Å². The molecule has 0 amide bonds. The molecule has 1 aliphatic carbocycles. The van der Waals surface area contributed by atoms with Gasteiger partial charge < -0.3 is 10.2 Å². The molecule has 1 fully saturated rings. The molecular formula is C27H43NO2S. The van der Waals surface area contributed by atoms with Gasteiger partial charge in [-0.2, -0.15) is 0 Å². The molecule has 0 aliphatic heterocycles. The summed E-state index contributed by atoms with van der Waals surface area (Å²) in [5.41, 5.74) is 4.34. The van der Waals surface area contributed by atoms with Crippen LogP contribution in [0.2, 0.25) is 0 Å². The summed E-state index contributed by atoms with van der Waals surface area (Å²) in [5, 5.41) is 21.8. The number of benzene rings is 1. The Morgan fingerprint density at radius 1 is 1.10 bits per heavy atom. The van der Waals surface area contributed by atoms with E-state index in [4.69, 9.17) is 0 Å². The SMILES string of the molecule is CCCCCc1cc(O)c(C/C=C(\C)CCC=C(C)C)c(O)c1SNC1CCCCC1. The fourth-order valence-corrected chi connectivity index (χ4v) is 5.16. The first kappa shape index (κ1) is 25.9. The molecule has 0 spiro atoms. The molecule has 0 bridgehead atoms. The molecule has 0 heterocycles. The van der Waals surface area contributed by atoms with Crippen molar-refractivity contribution >= 4 is 11.9 Å². The van der Waals surface area contributed by atoms with Crippen LogP contribution in [0.5, 0.6) is 11.5 Å². The Labute approximate surface area is 194 Å². The monoisotopic (exact) mass is 445 g/mol. The quantitative estimate of drug-likeness (QED) is 0.173. The minimum Gasteiger partial charge on any atom is -0.508 e. The van der Waals surface area contributed by atoms with Crippen LogP contribution in [0.3, 0.4) is 0 Å². The van der Waals surface area contributed by atoms with Gasteiger partial charge in [0, 0.05) is 11.6 Å². The second-order valence-electron chi connectivity index (χ2n) is 9.30. The number of unbranched alkanes of at least 4 members (excludes halogenated alkanes) is 2. The van der Waals surface area contributed by atoms with Gasteiger partial charge in [-0.25, -0.2) is 0 Å². The lowest BCUT2D eigenvalue weighted by molar-refractivity contribution is 0.420. The second kappa shape index (κ2) is 13.9. The molecule has 1 aromatic carbocycles. The molecule has 1 aliphatic rings. The van der Waals surface area contributed by atoms with Gasteiger partial charge in [-0.05, 0) is 89.3 Å². The molecule has 0 unspecified atom stereocenters. The van der Waals surface area contributed by atoms with E-state index in [1.54, 1.807) is 11.9 Å². The van der Waals surface area contributed by atoms with Crippen molar-refractivity contribution in [1.82, 2.24) is 4.72 Å². The van der Waals surface area contributed by atoms with Gasteiger partial charge in [0.1, 0.15) is 11.5 Å². The van der Waals surface area contributed by atoms with Gasteiger partial charge in [0.05, 0.1) is 4.90 Å². The molecule has 4 heteroatoms. The highest BCUT2D eigenvalue weighted by molar-refractivity contribution is 7.97. The zero-order valence-corrected chi connectivity index (χ0v) is 20.9. The summed E-state index contributed by atoms with van der Waals surface area (Å²) in [5.74, 6) is 0.479. The molecule has 174 valence electrons. The van der Waals surface area contributed by atoms with E-state index in [9.17, 15) is 10.2 Å². The predicted molar refractivity (Wildman–Crippen MR) is 135 cm³/mol. The number of rotatable bonds is 12. The third-order valence-electron chi connectivity index (χ3n) is 6.14. The largest absolute Gasteiger partial charge is 0.508 e. The zero-order chi connectivity index (χ0) is 22.6. The highest BCUT2D eigenvalue weighted by Gasteiger charge is 2.20. The van der Waals surface area contributed by atoms with E-state index in [1.165, 1.54) is 43.3 Å². The smallest absolute Gasteiger partial charge is 0.137 e. The number of aryl methyl sites for hydroxylation is 1. The Morgan fingerprint density at radius 2 is 1.84 bits per heavy atom. The lowest BCUT2D eigenvalue weighted by Crippen LogP contribution is -2.25. The van der Waals surface area contributed by atoms with E-state index >= 15 is 0 Å². The van der Waals surface area contributed by atoms with Crippen LogP contribution in [0.1, 0.15) is 103 Å². The molecule has 3 N–H and O–H groups in total. The number of aromatic hydroxyl groups is 2. The van der Waals surface area contributed by atoms with Crippen molar-refractivity contribution in [2.45, 2.75) is 116 Å². The van der Waals surface area contributed by atoms with Crippen molar-refractivity contribution in [1.29, 1.82) is 0 Å². The molecule has 3 nitrogen and oxygen atoms in total. The van der Waals surface area contributed by atoms with Crippen LogP contribution in [-0.2, 0) is 12.8 Å². The van der Waals surface area contributed by atoms with Crippen molar-refractivity contribution in [3.63, 3.8) is 0 Å². The third-order valence-corrected chi connectivity index (χ3v) is 7.25. The molecule has 0 aromatic heterocycles. The van der Waals surface area contributed by atoms with Gasteiger partial charge in [-0.15, -0.1) is 0 Å². The highest BCUT2D eigenvalue weighted by atomic mass is 32.2. The lowest BCUT2D eigenvalue weighted by atomic mass is 9.96. The van der Waals surface area contributed by atoms with Gasteiger partial charge in [-0.1, -0.05) is 62.3 Å². The highest BCUT2D eigenvalue weighted by Crippen LogP contribution is 2.41. The standard InChI is InChI=1S/C27H43NO2S/c1-5-6-8-14-22-19-25(29)24(18-17-21(4)13-11-12-20(2)3)26(30)27(22)31-28-23-15-9-7-10-16-23/h12,17,19,23,28-30H,5-11,13-16,18H2,1-4H3/b21-17+. The Bertz CT molecular complexity index is 744.